The van der Waals surface area contributed by atoms with Crippen LogP contribution in [0.1, 0.15) is 28.8 Å². The van der Waals surface area contributed by atoms with Crippen LogP contribution in [0, 0.1) is 0 Å². The molecular weight excluding hydrogens is 365 g/mol. The first-order chi connectivity index (χ1) is 12.3. The van der Waals surface area contributed by atoms with Gasteiger partial charge >= 0.3 is 6.18 Å². The summed E-state index contributed by atoms with van der Waals surface area (Å²) < 4.78 is 43.8. The number of allylic oxidation sites excluding steroid dienone is 2. The Bertz CT molecular complexity index is 768. The van der Waals surface area contributed by atoms with Crippen molar-refractivity contribution >= 4 is 23.3 Å². The average Bonchev–Trinajstić information content (AvgIpc) is 2.64. The quantitative estimate of drug-likeness (QED) is 0.715. The number of benzene rings is 1. The number of alkyl halides is 3. The Morgan fingerprint density at radius 1 is 1.19 bits per heavy atom. The molecule has 2 unspecified atom stereocenters. The van der Waals surface area contributed by atoms with E-state index in [2.05, 4.69) is 0 Å². The number of rotatable bonds is 5. The third-order valence-electron chi connectivity index (χ3n) is 4.25. The van der Waals surface area contributed by atoms with Crippen molar-refractivity contribution in [2.75, 3.05) is 12.4 Å². The van der Waals surface area contributed by atoms with Crippen LogP contribution in [0.3, 0.4) is 0 Å². The van der Waals surface area contributed by atoms with Gasteiger partial charge in [0.15, 0.2) is 11.6 Å². The van der Waals surface area contributed by atoms with E-state index in [0.717, 1.165) is 17.9 Å². The van der Waals surface area contributed by atoms with Gasteiger partial charge in [-0.15, -0.1) is 11.8 Å². The van der Waals surface area contributed by atoms with Crippen molar-refractivity contribution < 1.29 is 27.5 Å². The Labute approximate surface area is 153 Å². The van der Waals surface area contributed by atoms with Crippen LogP contribution in [-0.2, 0) is 15.7 Å². The van der Waals surface area contributed by atoms with Gasteiger partial charge in [-0.2, -0.15) is 13.2 Å². The topological polar surface area (TPSA) is 43.4 Å². The largest absolute Gasteiger partial charge is 0.416 e. The van der Waals surface area contributed by atoms with Crippen molar-refractivity contribution in [3.63, 3.8) is 0 Å². The maximum absolute atomic E-state index is 12.7. The zero-order chi connectivity index (χ0) is 18.7. The monoisotopic (exact) mass is 382 g/mol. The van der Waals surface area contributed by atoms with Gasteiger partial charge in [-0.05, 0) is 12.1 Å². The van der Waals surface area contributed by atoms with E-state index in [1.807, 2.05) is 12.2 Å². The summed E-state index contributed by atoms with van der Waals surface area (Å²) in [5, 5.41) is 0.0897. The number of carbonyl (C=O) groups excluding carboxylic acids is 2. The molecule has 7 heteroatoms. The zero-order valence-corrected chi connectivity index (χ0v) is 14.6. The van der Waals surface area contributed by atoms with Gasteiger partial charge in [0, 0.05) is 29.7 Å². The number of hydrogen-bond donors (Lipinski definition) is 0. The summed E-state index contributed by atoms with van der Waals surface area (Å²) in [5.41, 5.74) is -0.369. The predicted molar refractivity (Wildman–Crippen MR) is 93.2 cm³/mol. The summed E-state index contributed by atoms with van der Waals surface area (Å²) in [6, 6.07) is 4.28. The van der Waals surface area contributed by atoms with Crippen molar-refractivity contribution in [3.05, 3.63) is 59.2 Å². The number of ether oxygens (including phenoxy) is 1. The minimum atomic E-state index is -4.50. The normalized spacial score (nSPS) is 22.5. The number of ketones is 2. The number of thioether (sulfide) groups is 1. The van der Waals surface area contributed by atoms with Gasteiger partial charge in [0.05, 0.1) is 23.5 Å². The summed E-state index contributed by atoms with van der Waals surface area (Å²) in [4.78, 5) is 24.5. The lowest BCUT2D eigenvalue weighted by Crippen LogP contribution is -2.32. The van der Waals surface area contributed by atoms with E-state index in [9.17, 15) is 22.8 Å². The highest BCUT2D eigenvalue weighted by Gasteiger charge is 2.31. The maximum Gasteiger partial charge on any atom is 0.416 e. The van der Waals surface area contributed by atoms with Gasteiger partial charge in [0.1, 0.15) is 0 Å². The van der Waals surface area contributed by atoms with Crippen molar-refractivity contribution in [2.24, 2.45) is 0 Å². The highest BCUT2D eigenvalue weighted by molar-refractivity contribution is 8.00. The maximum atomic E-state index is 12.7. The fourth-order valence-corrected chi connectivity index (χ4v) is 3.93. The zero-order valence-electron chi connectivity index (χ0n) is 13.8. The molecule has 2 aliphatic rings. The standard InChI is InChI=1S/C19H17F3O3S/c20-19(21,22)14-3-1-2-12(10-14)15(23)5-6-16(24)13-4-7-17-18(11-13)26-9-8-25-17/h1-4,7,10-11,17-18H,5-6,8-9H2. The highest BCUT2D eigenvalue weighted by atomic mass is 32.2. The Morgan fingerprint density at radius 2 is 1.96 bits per heavy atom. The molecular formula is C19H17F3O3S. The van der Waals surface area contributed by atoms with Gasteiger partial charge < -0.3 is 4.74 Å². The predicted octanol–water partition coefficient (Wildman–Crippen LogP) is 4.23. The average molecular weight is 382 g/mol. The smallest absolute Gasteiger partial charge is 0.372 e. The second kappa shape index (κ2) is 7.80. The van der Waals surface area contributed by atoms with Gasteiger partial charge in [-0.1, -0.05) is 30.4 Å². The Kier molecular flexibility index (Phi) is 5.67. The van der Waals surface area contributed by atoms with Crippen LogP contribution in [-0.4, -0.2) is 35.3 Å². The number of Topliss-reactive ketones (excluding diaryl/α,β-unsaturated/α-hetero) is 2. The molecule has 1 aromatic carbocycles. The van der Waals surface area contributed by atoms with Crippen LogP contribution in [0.25, 0.3) is 0 Å². The van der Waals surface area contributed by atoms with E-state index in [1.54, 1.807) is 17.8 Å². The first-order valence-corrected chi connectivity index (χ1v) is 9.26. The second-order valence-electron chi connectivity index (χ2n) is 6.08. The van der Waals surface area contributed by atoms with Gasteiger partial charge in [0.2, 0.25) is 0 Å². The minimum Gasteiger partial charge on any atom is -0.372 e. The Balaban J connectivity index is 1.60. The number of hydrogen-bond acceptors (Lipinski definition) is 4. The van der Waals surface area contributed by atoms with Crippen LogP contribution >= 0.6 is 11.8 Å². The molecule has 0 bridgehead atoms. The SMILES string of the molecule is O=C(CCC(=O)c1cccc(C(F)(F)F)c1)C1=CC2SCCOC2C=C1. The van der Waals surface area contributed by atoms with Crippen molar-refractivity contribution in [2.45, 2.75) is 30.4 Å². The Hall–Kier alpha value is -1.86. The fourth-order valence-electron chi connectivity index (χ4n) is 2.87. The Morgan fingerprint density at radius 3 is 2.73 bits per heavy atom. The number of halogens is 3. The molecule has 0 spiro atoms. The molecule has 1 saturated heterocycles. The molecule has 0 amide bonds. The van der Waals surface area contributed by atoms with E-state index in [-0.39, 0.29) is 35.5 Å². The third kappa shape index (κ3) is 4.45. The molecule has 3 rings (SSSR count). The molecule has 2 atom stereocenters. The van der Waals surface area contributed by atoms with E-state index in [1.165, 1.54) is 12.1 Å². The van der Waals surface area contributed by atoms with Crippen molar-refractivity contribution in [1.82, 2.24) is 0 Å². The van der Waals surface area contributed by atoms with Gasteiger partial charge in [-0.3, -0.25) is 9.59 Å². The molecule has 0 saturated carbocycles. The van der Waals surface area contributed by atoms with Gasteiger partial charge in [0.25, 0.3) is 0 Å². The van der Waals surface area contributed by atoms with E-state index in [4.69, 9.17) is 4.74 Å². The molecule has 0 N–H and O–H groups in total. The third-order valence-corrected chi connectivity index (χ3v) is 5.44. The molecule has 1 aliphatic carbocycles. The molecule has 138 valence electrons. The summed E-state index contributed by atoms with van der Waals surface area (Å²) in [6.07, 6.45) is 0.711. The minimum absolute atomic E-state index is 0.0305. The lowest BCUT2D eigenvalue weighted by molar-refractivity contribution is -0.137. The van der Waals surface area contributed by atoms with E-state index < -0.39 is 17.5 Å². The highest BCUT2D eigenvalue weighted by Crippen LogP contribution is 2.31. The van der Waals surface area contributed by atoms with E-state index in [0.29, 0.717) is 12.2 Å². The van der Waals surface area contributed by atoms with E-state index >= 15 is 0 Å². The molecule has 1 aromatic rings. The molecule has 0 radical (unpaired) electrons. The molecule has 3 nitrogen and oxygen atoms in total. The van der Waals surface area contributed by atoms with Crippen molar-refractivity contribution in [1.29, 1.82) is 0 Å². The lowest BCUT2D eigenvalue weighted by atomic mass is 9.96. The van der Waals surface area contributed by atoms with Crippen LogP contribution in [0.2, 0.25) is 0 Å². The number of carbonyl (C=O) groups is 2. The molecule has 1 aliphatic heterocycles. The first kappa shape index (κ1) is 18.9. The molecule has 1 heterocycles. The molecule has 1 fully saturated rings. The summed E-state index contributed by atoms with van der Waals surface area (Å²) >= 11 is 1.72. The molecule has 26 heavy (non-hydrogen) atoms. The summed E-state index contributed by atoms with van der Waals surface area (Å²) in [6.45, 7) is 0.679. The summed E-state index contributed by atoms with van der Waals surface area (Å²) in [5.74, 6) is 0.199. The van der Waals surface area contributed by atoms with Crippen LogP contribution < -0.4 is 0 Å². The van der Waals surface area contributed by atoms with Crippen LogP contribution in [0.15, 0.2) is 48.1 Å². The summed E-state index contributed by atoms with van der Waals surface area (Å²) in [7, 11) is 0. The lowest BCUT2D eigenvalue weighted by Gasteiger charge is -2.29. The van der Waals surface area contributed by atoms with Gasteiger partial charge in [-0.25, -0.2) is 0 Å². The fraction of sp³-hybridized carbons (Fsp3) is 0.368. The van der Waals surface area contributed by atoms with Crippen LogP contribution in [0.5, 0.6) is 0 Å². The van der Waals surface area contributed by atoms with Crippen molar-refractivity contribution in [3.8, 4) is 0 Å². The second-order valence-corrected chi connectivity index (χ2v) is 7.36. The first-order valence-electron chi connectivity index (χ1n) is 8.21. The van der Waals surface area contributed by atoms with Crippen LogP contribution in [0.4, 0.5) is 13.2 Å². The molecule has 0 aromatic heterocycles. The number of fused-ring (bicyclic) bond motifs is 1.